The van der Waals surface area contributed by atoms with Gasteiger partial charge in [0.15, 0.2) is 5.69 Å². The molecular weight excluding hydrogens is 491 g/mol. The van der Waals surface area contributed by atoms with Gasteiger partial charge in [0, 0.05) is 30.2 Å². The maximum atomic E-state index is 13.6. The summed E-state index contributed by atoms with van der Waals surface area (Å²) in [5, 5.41) is 14.3. The summed E-state index contributed by atoms with van der Waals surface area (Å²) < 4.78 is 20.7. The van der Waals surface area contributed by atoms with Crippen LogP contribution in [0.25, 0.3) is 0 Å². The van der Waals surface area contributed by atoms with Crippen LogP contribution in [0.15, 0.2) is 24.3 Å². The Kier molecular flexibility index (Phi) is 6.87. The first kappa shape index (κ1) is 24.5. The van der Waals surface area contributed by atoms with Crippen molar-refractivity contribution in [1.82, 2.24) is 19.6 Å². The Morgan fingerprint density at radius 3 is 2.53 bits per heavy atom. The number of carboxylic acids is 1. The normalized spacial score (nSPS) is 23.6. The molecule has 0 spiro atoms. The molecule has 1 aromatic carbocycles. The molecule has 2 aromatic rings. The lowest BCUT2D eigenvalue weighted by atomic mass is 9.78. The van der Waals surface area contributed by atoms with Crippen LogP contribution >= 0.6 is 11.6 Å². The van der Waals surface area contributed by atoms with Crippen molar-refractivity contribution in [3.05, 3.63) is 52.1 Å². The molecule has 36 heavy (non-hydrogen) atoms. The fraction of sp³-hybridized carbons (Fsp3) is 0.520. The molecule has 5 rings (SSSR count). The Hall–Kier alpha value is -3.14. The predicted molar refractivity (Wildman–Crippen MR) is 127 cm³/mol. The van der Waals surface area contributed by atoms with Crippen LogP contribution in [0.2, 0.25) is 5.02 Å². The van der Waals surface area contributed by atoms with E-state index >= 15 is 0 Å². The van der Waals surface area contributed by atoms with Gasteiger partial charge < -0.3 is 19.6 Å². The van der Waals surface area contributed by atoms with Gasteiger partial charge >= 0.3 is 12.1 Å². The average molecular weight is 519 g/mol. The Balaban J connectivity index is 1.26. The summed E-state index contributed by atoms with van der Waals surface area (Å²) in [5.41, 5.74) is 1.51. The van der Waals surface area contributed by atoms with E-state index in [9.17, 15) is 23.9 Å². The molecule has 4 heterocycles. The van der Waals surface area contributed by atoms with Crippen LogP contribution in [0.5, 0.6) is 0 Å². The summed E-state index contributed by atoms with van der Waals surface area (Å²) in [6.07, 6.45) is 3.64. The standard InChI is InChI=1S/C25H28ClFN4O5/c26-17-7-15(8-18(27)11-17)14-36-25(35)29-5-2-6-30-21(13-29)12-22(28-30)23(32)31-19-3-1-4-20(31)10-16(9-19)24(33)34/h7-8,11-12,16,19-20H,1-6,9-10,13-14H2,(H,33,34). The number of carboxylic acid groups (broad SMARTS) is 1. The zero-order chi connectivity index (χ0) is 25.4. The van der Waals surface area contributed by atoms with Crippen molar-refractivity contribution >= 4 is 29.6 Å². The second-order valence-corrected chi connectivity index (χ2v) is 10.2. The highest BCUT2D eigenvalue weighted by molar-refractivity contribution is 6.30. The molecule has 1 N–H and O–H groups in total. The molecule has 2 saturated heterocycles. The summed E-state index contributed by atoms with van der Waals surface area (Å²) in [5.74, 6) is -1.88. The number of halogens is 2. The molecule has 2 bridgehead atoms. The fourth-order valence-corrected chi connectivity index (χ4v) is 5.94. The summed E-state index contributed by atoms with van der Waals surface area (Å²) in [7, 11) is 0. The molecule has 9 nitrogen and oxygen atoms in total. The molecule has 1 aromatic heterocycles. The molecule has 3 aliphatic heterocycles. The number of fused-ring (bicyclic) bond motifs is 3. The Morgan fingerprint density at radius 2 is 1.83 bits per heavy atom. The van der Waals surface area contributed by atoms with Crippen molar-refractivity contribution in [3.63, 3.8) is 0 Å². The van der Waals surface area contributed by atoms with E-state index < -0.39 is 23.8 Å². The zero-order valence-electron chi connectivity index (χ0n) is 19.7. The topological polar surface area (TPSA) is 105 Å². The smallest absolute Gasteiger partial charge is 0.410 e. The van der Waals surface area contributed by atoms with Gasteiger partial charge in [0.1, 0.15) is 12.4 Å². The molecule has 0 aliphatic carbocycles. The van der Waals surface area contributed by atoms with Crippen LogP contribution in [-0.4, -0.2) is 61.3 Å². The fourth-order valence-electron chi connectivity index (χ4n) is 5.70. The summed E-state index contributed by atoms with van der Waals surface area (Å²) in [6, 6.07) is 5.54. The number of rotatable bonds is 4. The number of hydrogen-bond acceptors (Lipinski definition) is 5. The second kappa shape index (κ2) is 10.1. The van der Waals surface area contributed by atoms with Gasteiger partial charge in [0.2, 0.25) is 0 Å². The number of carbonyl (C=O) groups is 3. The largest absolute Gasteiger partial charge is 0.481 e. The lowest BCUT2D eigenvalue weighted by molar-refractivity contribution is -0.145. The Labute approximate surface area is 212 Å². The first-order valence-corrected chi connectivity index (χ1v) is 12.6. The molecule has 0 saturated carbocycles. The number of amides is 2. The number of aromatic nitrogens is 2. The quantitative estimate of drug-likeness (QED) is 0.654. The average Bonchev–Trinajstić information content (AvgIpc) is 3.11. The van der Waals surface area contributed by atoms with E-state index in [0.29, 0.717) is 43.6 Å². The maximum absolute atomic E-state index is 13.6. The third-order valence-corrected chi connectivity index (χ3v) is 7.55. The van der Waals surface area contributed by atoms with Crippen molar-refractivity contribution in [2.24, 2.45) is 5.92 Å². The molecule has 2 amide bonds. The van der Waals surface area contributed by atoms with Gasteiger partial charge in [-0.15, -0.1) is 0 Å². The highest BCUT2D eigenvalue weighted by atomic mass is 35.5. The lowest BCUT2D eigenvalue weighted by Gasteiger charge is -2.47. The molecule has 2 unspecified atom stereocenters. The number of aryl methyl sites for hydroxylation is 1. The van der Waals surface area contributed by atoms with Crippen LogP contribution in [0.3, 0.4) is 0 Å². The van der Waals surface area contributed by atoms with E-state index in [4.69, 9.17) is 16.3 Å². The lowest BCUT2D eigenvalue weighted by Crippen LogP contribution is -2.55. The van der Waals surface area contributed by atoms with Crippen molar-refractivity contribution in [1.29, 1.82) is 0 Å². The minimum Gasteiger partial charge on any atom is -0.481 e. The van der Waals surface area contributed by atoms with Crippen molar-refractivity contribution < 1.29 is 28.6 Å². The van der Waals surface area contributed by atoms with Gasteiger partial charge in [-0.1, -0.05) is 11.6 Å². The van der Waals surface area contributed by atoms with Crippen LogP contribution in [-0.2, 0) is 29.2 Å². The zero-order valence-corrected chi connectivity index (χ0v) is 20.5. The first-order chi connectivity index (χ1) is 17.3. The Morgan fingerprint density at radius 1 is 1.08 bits per heavy atom. The van der Waals surface area contributed by atoms with E-state index in [-0.39, 0.29) is 36.2 Å². The van der Waals surface area contributed by atoms with Gasteiger partial charge in [0.25, 0.3) is 5.91 Å². The van der Waals surface area contributed by atoms with Crippen molar-refractivity contribution in [3.8, 4) is 0 Å². The van der Waals surface area contributed by atoms with E-state index in [0.717, 1.165) is 25.0 Å². The van der Waals surface area contributed by atoms with Gasteiger partial charge in [-0.3, -0.25) is 14.3 Å². The summed E-state index contributed by atoms with van der Waals surface area (Å²) >= 11 is 5.87. The second-order valence-electron chi connectivity index (χ2n) is 9.81. The van der Waals surface area contributed by atoms with Crippen LogP contribution in [0, 0.1) is 11.7 Å². The third kappa shape index (κ3) is 5.04. The first-order valence-electron chi connectivity index (χ1n) is 12.3. The maximum Gasteiger partial charge on any atom is 0.410 e. The molecule has 2 fully saturated rings. The summed E-state index contributed by atoms with van der Waals surface area (Å²) in [4.78, 5) is 41.2. The number of ether oxygens (including phenoxy) is 1. The number of nitrogens with zero attached hydrogens (tertiary/aromatic N) is 4. The van der Waals surface area contributed by atoms with E-state index in [1.807, 2.05) is 4.90 Å². The number of aliphatic carboxylic acids is 1. The van der Waals surface area contributed by atoms with Gasteiger partial charge in [-0.25, -0.2) is 9.18 Å². The highest BCUT2D eigenvalue weighted by Crippen LogP contribution is 2.38. The molecule has 3 aliphatic rings. The molecule has 11 heteroatoms. The van der Waals surface area contributed by atoms with Crippen LogP contribution in [0.1, 0.15) is 60.3 Å². The van der Waals surface area contributed by atoms with E-state index in [1.165, 1.54) is 12.1 Å². The van der Waals surface area contributed by atoms with E-state index in [2.05, 4.69) is 5.10 Å². The minimum atomic E-state index is -0.792. The monoisotopic (exact) mass is 518 g/mol. The minimum absolute atomic E-state index is 0.0876. The Bertz CT molecular complexity index is 1150. The number of piperidine rings is 2. The van der Waals surface area contributed by atoms with Crippen molar-refractivity contribution in [2.45, 2.75) is 70.3 Å². The predicted octanol–water partition coefficient (Wildman–Crippen LogP) is 4.08. The molecule has 2 atom stereocenters. The van der Waals surface area contributed by atoms with Crippen LogP contribution in [0.4, 0.5) is 9.18 Å². The number of benzene rings is 1. The molecular formula is C25H28ClFN4O5. The number of hydrogen-bond donors (Lipinski definition) is 1. The third-order valence-electron chi connectivity index (χ3n) is 7.33. The molecule has 192 valence electrons. The number of carbonyl (C=O) groups excluding carboxylic acids is 2. The summed E-state index contributed by atoms with van der Waals surface area (Å²) in [6.45, 7) is 1.14. The SMILES string of the molecule is O=C(O)C1CC2CCCC(C1)N2C(=O)c1cc2n(n1)CCCN(C(=O)OCc1cc(F)cc(Cl)c1)C2. The van der Waals surface area contributed by atoms with Crippen LogP contribution < -0.4 is 0 Å². The highest BCUT2D eigenvalue weighted by Gasteiger charge is 2.43. The van der Waals surface area contributed by atoms with Gasteiger partial charge in [-0.2, -0.15) is 5.10 Å². The van der Waals surface area contributed by atoms with E-state index in [1.54, 1.807) is 21.7 Å². The molecule has 0 radical (unpaired) electrons. The van der Waals surface area contributed by atoms with Crippen molar-refractivity contribution in [2.75, 3.05) is 6.54 Å². The van der Waals surface area contributed by atoms with Gasteiger partial charge in [-0.05, 0) is 68.4 Å². The van der Waals surface area contributed by atoms with Gasteiger partial charge in [0.05, 0.1) is 18.2 Å².